The maximum absolute atomic E-state index is 12.8. The Hall–Kier alpha value is -0.220. The molecule has 4 unspecified atom stereocenters. The minimum Gasteiger partial charge on any atom is -0.325 e. The average Bonchev–Trinajstić information content (AvgIpc) is 2.76. The van der Waals surface area contributed by atoms with Crippen LogP contribution in [0.2, 0.25) is 0 Å². The van der Waals surface area contributed by atoms with Gasteiger partial charge in [0, 0.05) is 11.8 Å². The quantitative estimate of drug-likeness (QED) is 0.815. The normalized spacial score (nSPS) is 32.0. The van der Waals surface area contributed by atoms with Crippen molar-refractivity contribution in [3.05, 3.63) is 0 Å². The molecular weight excluding hydrogens is 280 g/mol. The van der Waals surface area contributed by atoms with Crippen LogP contribution in [-0.4, -0.2) is 40.6 Å². The number of hydrogen-bond donors (Lipinski definition) is 1. The van der Waals surface area contributed by atoms with Gasteiger partial charge in [-0.15, -0.1) is 0 Å². The van der Waals surface area contributed by atoms with E-state index in [-0.39, 0.29) is 12.2 Å². The van der Waals surface area contributed by atoms with Crippen molar-refractivity contribution in [2.45, 2.75) is 77.3 Å². The first-order valence-electron chi connectivity index (χ1n) is 8.71. The molecule has 2 aliphatic heterocycles. The first kappa shape index (κ1) is 17.1. The summed E-state index contributed by atoms with van der Waals surface area (Å²) in [4.78, 5) is 15.0. The summed E-state index contributed by atoms with van der Waals surface area (Å²) < 4.78 is 0. The Morgan fingerprint density at radius 2 is 2.10 bits per heavy atom. The van der Waals surface area contributed by atoms with Crippen LogP contribution in [0.15, 0.2) is 0 Å². The molecule has 0 aromatic carbocycles. The van der Waals surface area contributed by atoms with Crippen LogP contribution >= 0.6 is 11.8 Å². The zero-order valence-electron chi connectivity index (χ0n) is 14.1. The predicted octanol–water partition coefficient (Wildman–Crippen LogP) is 3.49. The lowest BCUT2D eigenvalue weighted by molar-refractivity contribution is -0.131. The molecule has 0 aliphatic carbocycles. The molecule has 2 aliphatic rings. The second-order valence-electron chi connectivity index (χ2n) is 7.15. The van der Waals surface area contributed by atoms with Gasteiger partial charge in [-0.2, -0.15) is 11.8 Å². The average molecular weight is 313 g/mol. The fraction of sp³-hybridized carbons (Fsp3) is 0.941. The van der Waals surface area contributed by atoms with Crippen molar-refractivity contribution in [2.24, 2.45) is 11.8 Å². The summed E-state index contributed by atoms with van der Waals surface area (Å²) in [6.45, 7) is 9.81. The van der Waals surface area contributed by atoms with Crippen molar-refractivity contribution in [2.75, 3.05) is 12.3 Å². The molecule has 4 heteroatoms. The van der Waals surface area contributed by atoms with E-state index in [0.717, 1.165) is 19.4 Å². The molecular formula is C17H32N2OS. The standard InChI is InChI=1S/C17H32N2OS/c1-5-13(4)16-17(20)19(15(18-16)10-12(2)3)11-14-8-6-7-9-21-14/h12-16,18H,5-11H2,1-4H3. The Morgan fingerprint density at radius 1 is 1.33 bits per heavy atom. The molecule has 2 rings (SSSR count). The number of carbonyl (C=O) groups excluding carboxylic acids is 1. The smallest absolute Gasteiger partial charge is 0.241 e. The van der Waals surface area contributed by atoms with E-state index in [4.69, 9.17) is 0 Å². The molecule has 0 spiro atoms. The lowest BCUT2D eigenvalue weighted by Crippen LogP contribution is -2.42. The molecule has 122 valence electrons. The highest BCUT2D eigenvalue weighted by Crippen LogP contribution is 2.29. The highest BCUT2D eigenvalue weighted by atomic mass is 32.2. The van der Waals surface area contributed by atoms with E-state index in [0.29, 0.717) is 23.0 Å². The van der Waals surface area contributed by atoms with E-state index in [1.54, 1.807) is 0 Å². The van der Waals surface area contributed by atoms with Crippen molar-refractivity contribution in [3.8, 4) is 0 Å². The van der Waals surface area contributed by atoms with Crippen LogP contribution in [-0.2, 0) is 4.79 Å². The highest BCUT2D eigenvalue weighted by molar-refractivity contribution is 7.99. The second-order valence-corrected chi connectivity index (χ2v) is 8.56. The summed E-state index contributed by atoms with van der Waals surface area (Å²) in [5.41, 5.74) is 0. The van der Waals surface area contributed by atoms with E-state index in [2.05, 4.69) is 49.7 Å². The van der Waals surface area contributed by atoms with Crippen LogP contribution in [0.5, 0.6) is 0 Å². The third-order valence-corrected chi connectivity index (χ3v) is 6.26. The first-order chi connectivity index (χ1) is 10.0. The van der Waals surface area contributed by atoms with Gasteiger partial charge in [-0.25, -0.2) is 0 Å². The molecule has 21 heavy (non-hydrogen) atoms. The maximum atomic E-state index is 12.8. The van der Waals surface area contributed by atoms with Crippen LogP contribution in [0.3, 0.4) is 0 Å². The molecule has 0 radical (unpaired) electrons. The number of carbonyl (C=O) groups is 1. The zero-order chi connectivity index (χ0) is 15.4. The first-order valence-corrected chi connectivity index (χ1v) is 9.76. The largest absolute Gasteiger partial charge is 0.325 e. The van der Waals surface area contributed by atoms with Gasteiger partial charge in [-0.1, -0.05) is 40.5 Å². The second kappa shape index (κ2) is 7.87. The Balaban J connectivity index is 2.03. The summed E-state index contributed by atoms with van der Waals surface area (Å²) in [6.07, 6.45) is 6.32. The Labute approximate surface area is 134 Å². The van der Waals surface area contributed by atoms with Crippen LogP contribution in [0.4, 0.5) is 0 Å². The Kier molecular flexibility index (Phi) is 6.42. The van der Waals surface area contributed by atoms with Crippen molar-refractivity contribution >= 4 is 17.7 Å². The van der Waals surface area contributed by atoms with Crippen molar-refractivity contribution in [1.82, 2.24) is 10.2 Å². The fourth-order valence-corrected chi connectivity index (χ4v) is 4.68. The Morgan fingerprint density at radius 3 is 2.67 bits per heavy atom. The van der Waals surface area contributed by atoms with Crippen molar-refractivity contribution in [1.29, 1.82) is 0 Å². The van der Waals surface area contributed by atoms with Gasteiger partial charge in [0.05, 0.1) is 12.2 Å². The van der Waals surface area contributed by atoms with Gasteiger partial charge in [-0.05, 0) is 36.9 Å². The molecule has 1 amide bonds. The minimum atomic E-state index is 0.0346. The number of nitrogens with zero attached hydrogens (tertiary/aromatic N) is 1. The summed E-state index contributed by atoms with van der Waals surface area (Å²) in [5, 5.41) is 4.28. The van der Waals surface area contributed by atoms with Gasteiger partial charge in [0.2, 0.25) is 5.91 Å². The number of hydrogen-bond acceptors (Lipinski definition) is 3. The number of rotatable bonds is 6. The predicted molar refractivity (Wildman–Crippen MR) is 91.4 cm³/mol. The molecule has 2 heterocycles. The van der Waals surface area contributed by atoms with E-state index in [9.17, 15) is 4.79 Å². The maximum Gasteiger partial charge on any atom is 0.241 e. The summed E-state index contributed by atoms with van der Waals surface area (Å²) >= 11 is 2.07. The van der Waals surface area contributed by atoms with Gasteiger partial charge >= 0.3 is 0 Å². The van der Waals surface area contributed by atoms with Crippen molar-refractivity contribution in [3.63, 3.8) is 0 Å². The molecule has 0 saturated carbocycles. The number of amides is 1. The molecule has 1 N–H and O–H groups in total. The van der Waals surface area contributed by atoms with Gasteiger partial charge in [0.25, 0.3) is 0 Å². The highest BCUT2D eigenvalue weighted by Gasteiger charge is 2.41. The topological polar surface area (TPSA) is 32.3 Å². The van der Waals surface area contributed by atoms with Crippen molar-refractivity contribution < 1.29 is 4.79 Å². The van der Waals surface area contributed by atoms with Gasteiger partial charge < -0.3 is 4.90 Å². The molecule has 4 atom stereocenters. The summed E-state index contributed by atoms with van der Waals surface area (Å²) in [6, 6.07) is 0.0346. The molecule has 3 nitrogen and oxygen atoms in total. The lowest BCUT2D eigenvalue weighted by atomic mass is 9.99. The van der Waals surface area contributed by atoms with Gasteiger partial charge in [-0.3, -0.25) is 10.1 Å². The molecule has 0 aromatic rings. The lowest BCUT2D eigenvalue weighted by Gasteiger charge is -2.31. The van der Waals surface area contributed by atoms with Gasteiger partial charge in [0.1, 0.15) is 0 Å². The van der Waals surface area contributed by atoms with Crippen LogP contribution in [0, 0.1) is 11.8 Å². The zero-order valence-corrected chi connectivity index (χ0v) is 14.9. The van der Waals surface area contributed by atoms with Crippen LogP contribution in [0.1, 0.15) is 59.8 Å². The van der Waals surface area contributed by atoms with E-state index in [1.807, 2.05) is 0 Å². The van der Waals surface area contributed by atoms with E-state index < -0.39 is 0 Å². The molecule has 2 fully saturated rings. The molecule has 0 bridgehead atoms. The SMILES string of the molecule is CCC(C)C1NC(CC(C)C)N(CC2CCCCS2)C1=O. The van der Waals surface area contributed by atoms with Crippen LogP contribution in [0.25, 0.3) is 0 Å². The summed E-state index contributed by atoms with van der Waals surface area (Å²) in [7, 11) is 0. The number of thioether (sulfide) groups is 1. The fourth-order valence-electron chi connectivity index (χ4n) is 3.37. The van der Waals surface area contributed by atoms with Crippen LogP contribution < -0.4 is 5.32 Å². The minimum absolute atomic E-state index is 0.0346. The third-order valence-electron chi connectivity index (χ3n) is 4.88. The van der Waals surface area contributed by atoms with Gasteiger partial charge in [0.15, 0.2) is 0 Å². The van der Waals surface area contributed by atoms with E-state index in [1.165, 1.54) is 25.0 Å². The van der Waals surface area contributed by atoms with E-state index >= 15 is 0 Å². The Bertz CT molecular complexity index is 342. The molecule has 2 saturated heterocycles. The monoisotopic (exact) mass is 312 g/mol. The summed E-state index contributed by atoms with van der Waals surface area (Å²) in [5.74, 6) is 2.66. The molecule has 0 aromatic heterocycles. The third kappa shape index (κ3) is 4.38. The number of nitrogens with one attached hydrogen (secondary N) is 1.